The highest BCUT2D eigenvalue weighted by Gasteiger charge is 2.64. The van der Waals surface area contributed by atoms with E-state index < -0.39 is 23.9 Å². The van der Waals surface area contributed by atoms with Gasteiger partial charge in [0.1, 0.15) is 6.10 Å². The molecule has 0 aromatic heterocycles. The zero-order valence-electron chi connectivity index (χ0n) is 24.1. The highest BCUT2D eigenvalue weighted by atomic mass is 19.4. The molecule has 4 bridgehead atoms. The number of rotatable bonds is 7. The Hall–Kier alpha value is -3.92. The van der Waals surface area contributed by atoms with Crippen LogP contribution in [-0.4, -0.2) is 46.7 Å². The van der Waals surface area contributed by atoms with Gasteiger partial charge in [-0.05, 0) is 67.9 Å². The van der Waals surface area contributed by atoms with Crippen LogP contribution in [0.15, 0.2) is 60.7 Å². The lowest BCUT2D eigenvalue weighted by Crippen LogP contribution is -2.52. The summed E-state index contributed by atoms with van der Waals surface area (Å²) < 4.78 is 77.1. The number of fused-ring (bicyclic) bond motifs is 8. The van der Waals surface area contributed by atoms with E-state index >= 15 is 0 Å². The van der Waals surface area contributed by atoms with E-state index in [9.17, 15) is 18.0 Å². The Balaban J connectivity index is 1.68. The minimum absolute atomic E-state index is 0.292. The normalized spacial score (nSPS) is 17.2. The molecular formula is C32H35F3O7. The number of carbonyl (C=O) groups is 1. The summed E-state index contributed by atoms with van der Waals surface area (Å²) in [7, 11) is 5.47. The molecule has 0 aliphatic carbocycles. The van der Waals surface area contributed by atoms with Crippen LogP contribution in [0.2, 0.25) is 0 Å². The van der Waals surface area contributed by atoms with Crippen LogP contribution in [0.5, 0.6) is 28.7 Å². The highest BCUT2D eigenvalue weighted by molar-refractivity contribution is 5.82. The van der Waals surface area contributed by atoms with Gasteiger partial charge in [-0.3, -0.25) is 0 Å². The van der Waals surface area contributed by atoms with Gasteiger partial charge in [0.05, 0.1) is 21.3 Å². The summed E-state index contributed by atoms with van der Waals surface area (Å²) in [5.74, 6) is 0.820. The fraction of sp³-hybridized carbons (Fsp3) is 0.406. The second-order valence-electron chi connectivity index (χ2n) is 9.94. The van der Waals surface area contributed by atoms with Crippen molar-refractivity contribution in [2.45, 2.75) is 56.4 Å². The molecule has 5 rings (SSSR count). The molecule has 2 aliphatic heterocycles. The average Bonchev–Trinajstić information content (AvgIpc) is 2.98. The van der Waals surface area contributed by atoms with Crippen molar-refractivity contribution in [3.63, 3.8) is 0 Å². The van der Waals surface area contributed by atoms with Gasteiger partial charge in [-0.1, -0.05) is 42.5 Å². The Kier molecular flexibility index (Phi) is 9.88. The van der Waals surface area contributed by atoms with Gasteiger partial charge >= 0.3 is 12.1 Å². The first-order valence-electron chi connectivity index (χ1n) is 13.7. The number of benzene rings is 3. The zero-order valence-corrected chi connectivity index (χ0v) is 24.1. The van der Waals surface area contributed by atoms with E-state index in [-0.39, 0.29) is 5.56 Å². The van der Waals surface area contributed by atoms with Crippen molar-refractivity contribution in [1.82, 2.24) is 0 Å². The van der Waals surface area contributed by atoms with Crippen LogP contribution in [-0.2, 0) is 32.7 Å². The molecule has 0 radical (unpaired) electrons. The predicted octanol–water partition coefficient (Wildman–Crippen LogP) is 7.18. The van der Waals surface area contributed by atoms with Crippen LogP contribution in [0.4, 0.5) is 13.2 Å². The smallest absolute Gasteiger partial charge is 0.432 e. The van der Waals surface area contributed by atoms with E-state index in [2.05, 4.69) is 0 Å². The maximum Gasteiger partial charge on any atom is 0.432 e. The Morgan fingerprint density at radius 3 is 2.19 bits per heavy atom. The highest BCUT2D eigenvalue weighted by Crippen LogP contribution is 2.45. The molecule has 0 fully saturated rings. The fourth-order valence-electron chi connectivity index (χ4n) is 5.25. The largest absolute Gasteiger partial charge is 0.493 e. The Morgan fingerprint density at radius 2 is 1.55 bits per heavy atom. The molecule has 226 valence electrons. The van der Waals surface area contributed by atoms with E-state index in [1.165, 1.54) is 38.5 Å². The standard InChI is InChI=1S/C32H35F3O7/c1-37-25-18-15-21-14-17-24(41-30(36)31(40-4,32(33,34)35)23-11-6-5-7-12-23)13-9-8-10-22-16-19-26(42-27(25)20-21)29(39-3)28(22)38-2/h5-7,11-12,15-16,18-20,24H,8-10,13-14,17H2,1-4H3/t24-,31+/m1/s1. The van der Waals surface area contributed by atoms with E-state index in [0.29, 0.717) is 67.3 Å². The maximum absolute atomic E-state index is 14.5. The first-order chi connectivity index (χ1) is 20.2. The number of alkyl halides is 3. The van der Waals surface area contributed by atoms with Gasteiger partial charge in [0.25, 0.3) is 5.60 Å². The summed E-state index contributed by atoms with van der Waals surface area (Å²) in [4.78, 5) is 13.4. The molecule has 42 heavy (non-hydrogen) atoms. The minimum atomic E-state index is -5.05. The monoisotopic (exact) mass is 588 g/mol. The third-order valence-corrected chi connectivity index (χ3v) is 7.44. The molecule has 2 heterocycles. The van der Waals surface area contributed by atoms with Crippen molar-refractivity contribution < 1.29 is 46.4 Å². The van der Waals surface area contributed by atoms with E-state index in [1.54, 1.807) is 31.4 Å². The van der Waals surface area contributed by atoms with Crippen molar-refractivity contribution in [3.8, 4) is 28.7 Å². The second-order valence-corrected chi connectivity index (χ2v) is 9.94. The van der Waals surface area contributed by atoms with Crippen molar-refractivity contribution in [2.24, 2.45) is 0 Å². The molecule has 3 aromatic rings. The average molecular weight is 589 g/mol. The van der Waals surface area contributed by atoms with Crippen LogP contribution in [0.3, 0.4) is 0 Å². The first kappa shape index (κ1) is 31.0. The number of ether oxygens (including phenoxy) is 6. The first-order valence-corrected chi connectivity index (χ1v) is 13.7. The van der Waals surface area contributed by atoms with Gasteiger partial charge in [-0.2, -0.15) is 13.2 Å². The zero-order chi connectivity index (χ0) is 30.3. The van der Waals surface area contributed by atoms with E-state index in [1.807, 2.05) is 12.1 Å². The fourth-order valence-corrected chi connectivity index (χ4v) is 5.25. The summed E-state index contributed by atoms with van der Waals surface area (Å²) in [6, 6.07) is 15.9. The maximum atomic E-state index is 14.5. The molecule has 0 amide bonds. The second kappa shape index (κ2) is 13.4. The SMILES string of the molecule is COc1ccc2cc1Oc1ccc(c(OC)c1OC)CCCC[C@@H](OC(=O)[C@@](OC)(c1ccccc1)C(F)(F)F)CC2. The van der Waals surface area contributed by atoms with Crippen molar-refractivity contribution >= 4 is 5.97 Å². The van der Waals surface area contributed by atoms with Crippen LogP contribution < -0.4 is 18.9 Å². The van der Waals surface area contributed by atoms with E-state index in [4.69, 9.17) is 28.4 Å². The molecule has 10 heteroatoms. The Bertz CT molecular complexity index is 1360. The number of halogens is 3. The molecule has 7 nitrogen and oxygen atoms in total. The number of hydrogen-bond acceptors (Lipinski definition) is 7. The van der Waals surface area contributed by atoms with Crippen LogP contribution in [0.25, 0.3) is 0 Å². The quantitative estimate of drug-likeness (QED) is 0.271. The molecule has 2 aliphatic rings. The summed E-state index contributed by atoms with van der Waals surface area (Å²) in [5, 5.41) is 0. The Labute approximate surface area is 243 Å². The minimum Gasteiger partial charge on any atom is -0.493 e. The molecule has 0 spiro atoms. The van der Waals surface area contributed by atoms with Gasteiger partial charge < -0.3 is 28.4 Å². The van der Waals surface area contributed by atoms with Gasteiger partial charge in [-0.25, -0.2) is 4.79 Å². The number of aryl methyl sites for hydroxylation is 2. The van der Waals surface area contributed by atoms with Gasteiger partial charge in [0, 0.05) is 12.7 Å². The van der Waals surface area contributed by atoms with Crippen LogP contribution in [0.1, 0.15) is 42.4 Å². The van der Waals surface area contributed by atoms with E-state index in [0.717, 1.165) is 18.2 Å². The van der Waals surface area contributed by atoms with Gasteiger partial charge in [0.15, 0.2) is 23.0 Å². The molecule has 3 aromatic carbocycles. The summed E-state index contributed by atoms with van der Waals surface area (Å²) >= 11 is 0. The molecular weight excluding hydrogens is 553 g/mol. The number of methoxy groups -OCH3 is 4. The Morgan fingerprint density at radius 1 is 0.810 bits per heavy atom. The molecule has 0 unspecified atom stereocenters. The van der Waals surface area contributed by atoms with Crippen LogP contribution in [0, 0.1) is 0 Å². The molecule has 2 atom stereocenters. The van der Waals surface area contributed by atoms with Crippen molar-refractivity contribution in [3.05, 3.63) is 77.4 Å². The predicted molar refractivity (Wildman–Crippen MR) is 150 cm³/mol. The summed E-state index contributed by atoms with van der Waals surface area (Å²) in [6.07, 6.45) is -2.93. The van der Waals surface area contributed by atoms with Gasteiger partial charge in [-0.15, -0.1) is 0 Å². The lowest BCUT2D eigenvalue weighted by molar-refractivity contribution is -0.278. The number of esters is 1. The van der Waals surface area contributed by atoms with Crippen molar-refractivity contribution in [1.29, 1.82) is 0 Å². The summed E-state index contributed by atoms with van der Waals surface area (Å²) in [6.45, 7) is 0. The topological polar surface area (TPSA) is 72.5 Å². The molecule has 0 saturated heterocycles. The molecule has 0 N–H and O–H groups in total. The lowest BCUT2D eigenvalue weighted by atomic mass is 9.92. The van der Waals surface area contributed by atoms with Crippen molar-refractivity contribution in [2.75, 3.05) is 28.4 Å². The van der Waals surface area contributed by atoms with Crippen LogP contribution >= 0.6 is 0 Å². The third-order valence-electron chi connectivity index (χ3n) is 7.44. The number of carbonyl (C=O) groups excluding carboxylic acids is 1. The lowest BCUT2D eigenvalue weighted by Gasteiger charge is -2.34. The number of hydrogen-bond donors (Lipinski definition) is 0. The molecule has 0 saturated carbocycles. The third kappa shape index (κ3) is 6.28. The summed E-state index contributed by atoms with van der Waals surface area (Å²) in [5.41, 5.74) is -1.90. The van der Waals surface area contributed by atoms with Gasteiger partial charge in [0.2, 0.25) is 5.75 Å².